The summed E-state index contributed by atoms with van der Waals surface area (Å²) in [6, 6.07) is 18.8. The fourth-order valence-corrected chi connectivity index (χ4v) is 3.46. The summed E-state index contributed by atoms with van der Waals surface area (Å²) < 4.78 is 7.78. The predicted octanol–water partition coefficient (Wildman–Crippen LogP) is 2.68. The summed E-state index contributed by atoms with van der Waals surface area (Å²) >= 11 is 0. The molecule has 7 heteroatoms. The van der Waals surface area contributed by atoms with Crippen molar-refractivity contribution in [1.82, 2.24) is 14.5 Å². The normalized spacial score (nSPS) is 12.0. The van der Waals surface area contributed by atoms with Gasteiger partial charge in [0, 0.05) is 0 Å². The number of amides is 1. The number of nitrogens with zero attached hydrogens (tertiary/aromatic N) is 2. The summed E-state index contributed by atoms with van der Waals surface area (Å²) in [4.78, 5) is 39.1. The molecule has 0 spiro atoms. The zero-order chi connectivity index (χ0) is 21.1. The highest BCUT2D eigenvalue weighted by Gasteiger charge is 2.22. The lowest BCUT2D eigenvalue weighted by Crippen LogP contribution is -2.44. The average Bonchev–Trinajstić information content (AvgIpc) is 3.29. The fourth-order valence-electron chi connectivity index (χ4n) is 3.46. The molecule has 1 amide bonds. The molecule has 0 fully saturated rings. The SMILES string of the molecule is CC(C(=O)NCc1ccco1)n1c(=O)n(Cc2ccccc2)c(=O)c2ccccc21. The Hall–Kier alpha value is -3.87. The highest BCUT2D eigenvalue weighted by molar-refractivity contribution is 5.84. The van der Waals surface area contributed by atoms with Crippen molar-refractivity contribution in [2.75, 3.05) is 0 Å². The van der Waals surface area contributed by atoms with E-state index >= 15 is 0 Å². The van der Waals surface area contributed by atoms with Crippen LogP contribution in [0.3, 0.4) is 0 Å². The highest BCUT2D eigenvalue weighted by Crippen LogP contribution is 2.14. The van der Waals surface area contributed by atoms with Crippen LogP contribution in [-0.4, -0.2) is 15.0 Å². The van der Waals surface area contributed by atoms with Gasteiger partial charge in [-0.05, 0) is 36.8 Å². The van der Waals surface area contributed by atoms with Crippen LogP contribution >= 0.6 is 0 Å². The minimum Gasteiger partial charge on any atom is -0.467 e. The Morgan fingerprint density at radius 1 is 1.00 bits per heavy atom. The van der Waals surface area contributed by atoms with E-state index < -0.39 is 11.7 Å². The first-order valence-electron chi connectivity index (χ1n) is 9.64. The molecule has 0 aliphatic carbocycles. The van der Waals surface area contributed by atoms with E-state index in [1.54, 1.807) is 43.3 Å². The third kappa shape index (κ3) is 3.69. The standard InChI is InChI=1S/C23H21N3O4/c1-16(21(27)24-14-18-10-7-13-30-18)26-20-12-6-5-11-19(20)22(28)25(23(26)29)15-17-8-3-2-4-9-17/h2-13,16H,14-15H2,1H3,(H,24,27). The molecular formula is C23H21N3O4. The zero-order valence-corrected chi connectivity index (χ0v) is 16.4. The van der Waals surface area contributed by atoms with Crippen molar-refractivity contribution in [1.29, 1.82) is 0 Å². The first kappa shape index (κ1) is 19.4. The second kappa shape index (κ2) is 8.24. The van der Waals surface area contributed by atoms with Crippen molar-refractivity contribution in [3.8, 4) is 0 Å². The van der Waals surface area contributed by atoms with Crippen LogP contribution in [0, 0.1) is 0 Å². The van der Waals surface area contributed by atoms with Gasteiger partial charge >= 0.3 is 5.69 Å². The van der Waals surface area contributed by atoms with E-state index in [-0.39, 0.29) is 24.6 Å². The smallest absolute Gasteiger partial charge is 0.332 e. The molecule has 1 atom stereocenters. The van der Waals surface area contributed by atoms with Gasteiger partial charge in [0.2, 0.25) is 5.91 Å². The number of furan rings is 1. The van der Waals surface area contributed by atoms with Crippen LogP contribution in [0.5, 0.6) is 0 Å². The molecule has 1 unspecified atom stereocenters. The number of nitrogens with one attached hydrogen (secondary N) is 1. The summed E-state index contributed by atoms with van der Waals surface area (Å²) in [5.41, 5.74) is 0.355. The van der Waals surface area contributed by atoms with Crippen LogP contribution in [0.25, 0.3) is 10.9 Å². The number of carbonyl (C=O) groups excluding carboxylic acids is 1. The second-order valence-electron chi connectivity index (χ2n) is 7.02. The van der Waals surface area contributed by atoms with E-state index in [0.717, 1.165) is 5.56 Å². The van der Waals surface area contributed by atoms with E-state index in [2.05, 4.69) is 5.32 Å². The highest BCUT2D eigenvalue weighted by atomic mass is 16.3. The lowest BCUT2D eigenvalue weighted by Gasteiger charge is -2.19. The maximum atomic E-state index is 13.3. The van der Waals surface area contributed by atoms with Crippen LogP contribution in [0.15, 0.2) is 87.0 Å². The fraction of sp³-hybridized carbons (Fsp3) is 0.174. The molecule has 0 aliphatic rings. The van der Waals surface area contributed by atoms with Gasteiger partial charge in [-0.2, -0.15) is 0 Å². The Balaban J connectivity index is 1.77. The first-order chi connectivity index (χ1) is 14.6. The molecule has 0 bridgehead atoms. The number of fused-ring (bicyclic) bond motifs is 1. The van der Waals surface area contributed by atoms with Crippen LogP contribution < -0.4 is 16.6 Å². The summed E-state index contributed by atoms with van der Waals surface area (Å²) in [6.45, 7) is 1.99. The van der Waals surface area contributed by atoms with Gasteiger partial charge in [-0.1, -0.05) is 42.5 Å². The quantitative estimate of drug-likeness (QED) is 0.536. The molecule has 0 aliphatic heterocycles. The van der Waals surface area contributed by atoms with E-state index in [4.69, 9.17) is 4.42 Å². The number of hydrogen-bond acceptors (Lipinski definition) is 4. The Morgan fingerprint density at radius 3 is 2.47 bits per heavy atom. The molecule has 0 saturated carbocycles. The number of carbonyl (C=O) groups is 1. The summed E-state index contributed by atoms with van der Waals surface area (Å²) in [6.07, 6.45) is 1.53. The molecule has 4 rings (SSSR count). The number of para-hydroxylation sites is 1. The number of benzene rings is 2. The summed E-state index contributed by atoms with van der Waals surface area (Å²) in [7, 11) is 0. The largest absolute Gasteiger partial charge is 0.467 e. The molecular weight excluding hydrogens is 382 g/mol. The molecule has 30 heavy (non-hydrogen) atoms. The van der Waals surface area contributed by atoms with Crippen molar-refractivity contribution >= 4 is 16.8 Å². The van der Waals surface area contributed by atoms with Crippen molar-refractivity contribution in [3.63, 3.8) is 0 Å². The van der Waals surface area contributed by atoms with Gasteiger partial charge in [-0.15, -0.1) is 0 Å². The molecule has 1 N–H and O–H groups in total. The number of hydrogen-bond donors (Lipinski definition) is 1. The maximum Gasteiger partial charge on any atom is 0.332 e. The van der Waals surface area contributed by atoms with Gasteiger partial charge in [-0.25, -0.2) is 4.79 Å². The third-order valence-corrected chi connectivity index (χ3v) is 5.04. The lowest BCUT2D eigenvalue weighted by atomic mass is 10.2. The maximum absolute atomic E-state index is 13.3. The Bertz CT molecular complexity index is 1290. The molecule has 2 aromatic heterocycles. The van der Waals surface area contributed by atoms with E-state index in [1.165, 1.54) is 15.4 Å². The van der Waals surface area contributed by atoms with Crippen LogP contribution in [0.2, 0.25) is 0 Å². The van der Waals surface area contributed by atoms with Crippen molar-refractivity contribution in [2.24, 2.45) is 0 Å². The Kier molecular flexibility index (Phi) is 5.34. The molecule has 0 saturated heterocycles. The lowest BCUT2D eigenvalue weighted by molar-refractivity contribution is -0.124. The van der Waals surface area contributed by atoms with Crippen molar-refractivity contribution in [2.45, 2.75) is 26.1 Å². The van der Waals surface area contributed by atoms with Gasteiger partial charge < -0.3 is 9.73 Å². The minimum atomic E-state index is -0.819. The Morgan fingerprint density at radius 2 is 1.73 bits per heavy atom. The van der Waals surface area contributed by atoms with Crippen LogP contribution in [-0.2, 0) is 17.9 Å². The van der Waals surface area contributed by atoms with Gasteiger partial charge in [0.1, 0.15) is 11.8 Å². The van der Waals surface area contributed by atoms with Gasteiger partial charge in [0.25, 0.3) is 5.56 Å². The van der Waals surface area contributed by atoms with E-state index in [0.29, 0.717) is 16.7 Å². The molecule has 152 valence electrons. The molecule has 2 heterocycles. The molecule has 4 aromatic rings. The number of aromatic nitrogens is 2. The molecule has 2 aromatic carbocycles. The van der Waals surface area contributed by atoms with Crippen LogP contribution in [0.4, 0.5) is 0 Å². The van der Waals surface area contributed by atoms with E-state index in [1.807, 2.05) is 30.3 Å². The van der Waals surface area contributed by atoms with Crippen molar-refractivity contribution in [3.05, 3.63) is 105 Å². The van der Waals surface area contributed by atoms with Crippen molar-refractivity contribution < 1.29 is 9.21 Å². The average molecular weight is 403 g/mol. The number of rotatable bonds is 6. The molecule has 0 radical (unpaired) electrons. The third-order valence-electron chi connectivity index (χ3n) is 5.04. The zero-order valence-electron chi connectivity index (χ0n) is 16.4. The first-order valence-corrected chi connectivity index (χ1v) is 9.64. The van der Waals surface area contributed by atoms with Gasteiger partial charge in [-0.3, -0.25) is 18.7 Å². The second-order valence-corrected chi connectivity index (χ2v) is 7.02. The summed E-state index contributed by atoms with van der Waals surface area (Å²) in [5, 5.41) is 3.17. The molecule has 7 nitrogen and oxygen atoms in total. The van der Waals surface area contributed by atoms with Crippen LogP contribution in [0.1, 0.15) is 24.3 Å². The summed E-state index contributed by atoms with van der Waals surface area (Å²) in [5.74, 6) is 0.269. The van der Waals surface area contributed by atoms with Gasteiger partial charge in [0.05, 0.1) is 30.3 Å². The Labute approximate surface area is 172 Å². The minimum absolute atomic E-state index is 0.129. The van der Waals surface area contributed by atoms with Gasteiger partial charge in [0.15, 0.2) is 0 Å². The topological polar surface area (TPSA) is 86.2 Å². The predicted molar refractivity (Wildman–Crippen MR) is 113 cm³/mol. The van der Waals surface area contributed by atoms with E-state index in [9.17, 15) is 14.4 Å². The monoisotopic (exact) mass is 403 g/mol.